The van der Waals surface area contributed by atoms with Gasteiger partial charge in [-0.15, -0.1) is 0 Å². The lowest BCUT2D eigenvalue weighted by Gasteiger charge is -2.35. The van der Waals surface area contributed by atoms with Crippen LogP contribution in [0.5, 0.6) is 11.5 Å². The molecule has 0 atom stereocenters. The third-order valence-electron chi connectivity index (χ3n) is 10.6. The van der Waals surface area contributed by atoms with Gasteiger partial charge in [-0.25, -0.2) is 9.97 Å². The van der Waals surface area contributed by atoms with Crippen LogP contribution in [0.15, 0.2) is 116 Å². The molecule has 1 aliphatic rings. The first-order chi connectivity index (χ1) is 25.6. The van der Waals surface area contributed by atoms with Gasteiger partial charge in [0, 0.05) is 41.0 Å². The van der Waals surface area contributed by atoms with Gasteiger partial charge in [-0.1, -0.05) is 104 Å². The number of aromatic nitrogens is 3. The lowest BCUT2D eigenvalue weighted by atomic mass is 9.77. The summed E-state index contributed by atoms with van der Waals surface area (Å²) in [5.74, 6) is 3.36. The third-order valence-corrected chi connectivity index (χ3v) is 10.6. The number of hydrogen-bond acceptors (Lipinski definition) is 5. The molecule has 0 saturated heterocycles. The summed E-state index contributed by atoms with van der Waals surface area (Å²) in [6, 6.07) is 36.6. The van der Waals surface area contributed by atoms with E-state index in [1.165, 1.54) is 33.3 Å². The van der Waals surface area contributed by atoms with Crippen molar-refractivity contribution >= 4 is 44.7 Å². The summed E-state index contributed by atoms with van der Waals surface area (Å²) in [4.78, 5) is 14.6. The molecule has 0 spiro atoms. The Labute approximate surface area is 320 Å². The fourth-order valence-corrected chi connectivity index (χ4v) is 7.82. The molecule has 0 radical (unpaired) electrons. The van der Waals surface area contributed by atoms with Crippen LogP contribution in [-0.2, 0) is 16.2 Å². The maximum atomic E-state index is 6.70. The lowest BCUT2D eigenvalue weighted by molar-refractivity contribution is 0.483. The molecule has 274 valence electrons. The van der Waals surface area contributed by atoms with Crippen molar-refractivity contribution in [3.05, 3.63) is 138 Å². The highest BCUT2D eigenvalue weighted by molar-refractivity contribution is 6.09. The number of hydrogen-bond donors (Lipinski definition) is 0. The average molecular weight is 714 g/mol. The second-order valence-corrected chi connectivity index (χ2v) is 17.8. The number of nitrogens with zero attached hydrogens (tertiary/aromatic N) is 5. The maximum Gasteiger partial charge on any atom is 0.158 e. The summed E-state index contributed by atoms with van der Waals surface area (Å²) in [6.07, 6.45) is 3.81. The molecule has 0 bridgehead atoms. The minimum atomic E-state index is -0.0524. The molecule has 0 aliphatic carbocycles. The van der Waals surface area contributed by atoms with E-state index in [2.05, 4.69) is 175 Å². The van der Waals surface area contributed by atoms with E-state index in [-0.39, 0.29) is 16.2 Å². The van der Waals surface area contributed by atoms with Crippen molar-refractivity contribution in [1.29, 1.82) is 0 Å². The van der Waals surface area contributed by atoms with Crippen molar-refractivity contribution in [1.82, 2.24) is 14.5 Å². The van der Waals surface area contributed by atoms with Gasteiger partial charge in [0.15, 0.2) is 5.82 Å². The highest BCUT2D eigenvalue weighted by atomic mass is 16.5. The van der Waals surface area contributed by atoms with Crippen LogP contribution in [0.4, 0.5) is 22.9 Å². The molecule has 4 aromatic carbocycles. The van der Waals surface area contributed by atoms with Crippen LogP contribution in [-0.4, -0.2) is 21.2 Å². The molecule has 54 heavy (non-hydrogen) atoms. The summed E-state index contributed by atoms with van der Waals surface area (Å²) in [7, 11) is 0. The number of pyridine rings is 2. The second kappa shape index (κ2) is 12.8. The minimum Gasteiger partial charge on any atom is -0.457 e. The third kappa shape index (κ3) is 6.27. The Morgan fingerprint density at radius 2 is 1.28 bits per heavy atom. The molecule has 0 unspecified atom stereocenters. The van der Waals surface area contributed by atoms with Crippen molar-refractivity contribution in [2.45, 2.75) is 85.5 Å². The van der Waals surface area contributed by atoms with E-state index in [4.69, 9.17) is 14.7 Å². The van der Waals surface area contributed by atoms with Gasteiger partial charge in [0.2, 0.25) is 0 Å². The first kappa shape index (κ1) is 35.4. The lowest BCUT2D eigenvalue weighted by Crippen LogP contribution is -2.30. The van der Waals surface area contributed by atoms with Crippen molar-refractivity contribution in [2.24, 2.45) is 0 Å². The van der Waals surface area contributed by atoms with E-state index in [0.29, 0.717) is 6.67 Å². The van der Waals surface area contributed by atoms with Crippen LogP contribution in [0.3, 0.4) is 0 Å². The number of aryl methyl sites for hydroxylation is 1. The summed E-state index contributed by atoms with van der Waals surface area (Å²) in [5, 5.41) is 2.35. The average Bonchev–Trinajstić information content (AvgIpc) is 3.66. The van der Waals surface area contributed by atoms with Crippen molar-refractivity contribution in [3.8, 4) is 17.3 Å². The van der Waals surface area contributed by atoms with E-state index in [1.54, 1.807) is 0 Å². The van der Waals surface area contributed by atoms with E-state index in [1.807, 2.05) is 24.5 Å². The largest absolute Gasteiger partial charge is 0.457 e. The summed E-state index contributed by atoms with van der Waals surface area (Å²) in [6.45, 7) is 23.4. The SMILES string of the molecule is Cc1cc(C(C)(C)C)c(N2CN(c3cccc(Oc4ccc5c6ccccc6n(-c6cc(C(C)(C)C)ccn6)c5c4)c3)c3ncccc32)c(C(C)(C)C)c1. The number of rotatable bonds is 5. The van der Waals surface area contributed by atoms with Crippen molar-refractivity contribution in [2.75, 3.05) is 16.5 Å². The molecule has 0 saturated carbocycles. The van der Waals surface area contributed by atoms with Crippen LogP contribution < -0.4 is 14.5 Å². The molecule has 7 aromatic rings. The Bertz CT molecular complexity index is 2510. The fourth-order valence-electron chi connectivity index (χ4n) is 7.82. The van der Waals surface area contributed by atoms with Crippen molar-refractivity contribution in [3.63, 3.8) is 0 Å². The van der Waals surface area contributed by atoms with Gasteiger partial charge in [0.1, 0.15) is 24.0 Å². The van der Waals surface area contributed by atoms with Crippen LogP contribution in [0.2, 0.25) is 0 Å². The summed E-state index contributed by atoms with van der Waals surface area (Å²) >= 11 is 0. The maximum absolute atomic E-state index is 6.70. The van der Waals surface area contributed by atoms with Gasteiger partial charge in [-0.2, -0.15) is 0 Å². The molecular weight excluding hydrogens is 663 g/mol. The van der Waals surface area contributed by atoms with Gasteiger partial charge in [0.25, 0.3) is 0 Å². The summed E-state index contributed by atoms with van der Waals surface area (Å²) in [5.41, 5.74) is 10.7. The molecule has 3 aromatic heterocycles. The number of benzene rings is 4. The highest BCUT2D eigenvalue weighted by Gasteiger charge is 2.36. The van der Waals surface area contributed by atoms with E-state index in [9.17, 15) is 0 Å². The number of ether oxygens (including phenoxy) is 1. The van der Waals surface area contributed by atoms with Gasteiger partial charge >= 0.3 is 0 Å². The zero-order valence-electron chi connectivity index (χ0n) is 33.3. The first-order valence-electron chi connectivity index (χ1n) is 19.0. The standard InChI is InChI=1S/C48H51N5O/c1-31-25-38(47(5,6)7)44(39(26-31)48(8,9)10)52-30-51(45-41(52)19-14-23-50-45)33-15-13-16-34(28-33)54-35-20-21-37-36-17-11-12-18-40(36)53(42(37)29-35)43-27-32(22-24-49-43)46(2,3)4/h11-29H,30H2,1-10H3. The number of fused-ring (bicyclic) bond motifs is 4. The zero-order valence-corrected chi connectivity index (χ0v) is 33.3. The van der Waals surface area contributed by atoms with E-state index >= 15 is 0 Å². The molecule has 8 rings (SSSR count). The monoisotopic (exact) mass is 713 g/mol. The van der Waals surface area contributed by atoms with Gasteiger partial charge in [-0.3, -0.25) is 4.57 Å². The molecular formula is C48H51N5O. The van der Waals surface area contributed by atoms with Crippen LogP contribution in [0.25, 0.3) is 27.6 Å². The van der Waals surface area contributed by atoms with E-state index in [0.717, 1.165) is 50.9 Å². The first-order valence-corrected chi connectivity index (χ1v) is 19.0. The summed E-state index contributed by atoms with van der Waals surface area (Å²) < 4.78 is 8.95. The van der Waals surface area contributed by atoms with Gasteiger partial charge in [-0.05, 0) is 94.5 Å². The zero-order chi connectivity index (χ0) is 38.2. The number of anilines is 4. The molecule has 1 aliphatic heterocycles. The molecule has 4 heterocycles. The topological polar surface area (TPSA) is 46.4 Å². The Balaban J connectivity index is 1.18. The molecule has 0 fully saturated rings. The molecule has 6 heteroatoms. The Hall–Kier alpha value is -5.62. The predicted molar refractivity (Wildman–Crippen MR) is 226 cm³/mol. The molecule has 0 amide bonds. The van der Waals surface area contributed by atoms with Gasteiger partial charge in [0.05, 0.1) is 22.4 Å². The van der Waals surface area contributed by atoms with Crippen LogP contribution in [0.1, 0.15) is 84.6 Å². The molecule has 6 nitrogen and oxygen atoms in total. The highest BCUT2D eigenvalue weighted by Crippen LogP contribution is 2.49. The Morgan fingerprint density at radius 1 is 0.574 bits per heavy atom. The van der Waals surface area contributed by atoms with Crippen molar-refractivity contribution < 1.29 is 4.74 Å². The second-order valence-electron chi connectivity index (χ2n) is 17.8. The Kier molecular flexibility index (Phi) is 8.37. The smallest absolute Gasteiger partial charge is 0.158 e. The van der Waals surface area contributed by atoms with Crippen LogP contribution in [0, 0.1) is 6.92 Å². The fraction of sp³-hybridized carbons (Fsp3) is 0.292. The van der Waals surface area contributed by atoms with Gasteiger partial charge < -0.3 is 14.5 Å². The van der Waals surface area contributed by atoms with Crippen LogP contribution >= 0.6 is 0 Å². The quantitative estimate of drug-likeness (QED) is 0.178. The molecule has 0 N–H and O–H groups in total. The predicted octanol–water partition coefficient (Wildman–Crippen LogP) is 12.8. The number of para-hydroxylation sites is 1. The normalized spacial score (nSPS) is 13.6. The minimum absolute atomic E-state index is 0.00202. The van der Waals surface area contributed by atoms with E-state index < -0.39 is 0 Å². The Morgan fingerprint density at radius 3 is 2.00 bits per heavy atom.